The van der Waals surface area contributed by atoms with E-state index in [1.54, 1.807) is 18.4 Å². The number of aromatic nitrogens is 4. The molecule has 5 aromatic rings. The molecule has 4 N–H and O–H groups in total. The van der Waals surface area contributed by atoms with E-state index in [2.05, 4.69) is 31.1 Å². The summed E-state index contributed by atoms with van der Waals surface area (Å²) in [5, 5.41) is 28.8. The molecule has 0 radical (unpaired) electrons. The fourth-order valence-corrected chi connectivity index (χ4v) is 9.72. The van der Waals surface area contributed by atoms with Crippen molar-refractivity contribution in [1.29, 1.82) is 0 Å². The van der Waals surface area contributed by atoms with Gasteiger partial charge in [0.1, 0.15) is 36.3 Å². The number of halogens is 1. The number of fused-ring (bicyclic) bond motifs is 3. The highest BCUT2D eigenvalue weighted by Crippen LogP contribution is 2.38. The molecule has 2 aromatic heterocycles. The van der Waals surface area contributed by atoms with E-state index in [0.717, 1.165) is 38.5 Å². The molecular weight excluding hydrogens is 962 g/mol. The van der Waals surface area contributed by atoms with Gasteiger partial charge in [0.05, 0.1) is 79.6 Å². The van der Waals surface area contributed by atoms with Gasteiger partial charge in [0.15, 0.2) is 5.82 Å². The van der Waals surface area contributed by atoms with E-state index < -0.39 is 47.4 Å². The number of aliphatic hydroxyl groups is 1. The summed E-state index contributed by atoms with van der Waals surface area (Å²) in [6.45, 7) is 12.4. The summed E-state index contributed by atoms with van der Waals surface area (Å²) in [6, 6.07) is 18.5. The molecule has 5 atom stereocenters. The molecule has 384 valence electrons. The predicted molar refractivity (Wildman–Crippen MR) is 273 cm³/mol. The molecule has 7 rings (SSSR count). The number of aryl methyl sites for hydroxylation is 2. The van der Waals surface area contributed by atoms with E-state index in [4.69, 9.17) is 35.5 Å². The van der Waals surface area contributed by atoms with E-state index in [0.29, 0.717) is 34.6 Å². The monoisotopic (exact) mass is 1030 g/mol. The van der Waals surface area contributed by atoms with Gasteiger partial charge in [-0.05, 0) is 61.1 Å². The summed E-state index contributed by atoms with van der Waals surface area (Å²) >= 11 is 7.83. The highest BCUT2D eigenvalue weighted by Gasteiger charge is 2.44. The molecule has 2 aliphatic rings. The molecule has 0 aliphatic carbocycles. The summed E-state index contributed by atoms with van der Waals surface area (Å²) in [5.41, 5.74) is 7.12. The summed E-state index contributed by atoms with van der Waals surface area (Å²) < 4.78 is 24.5. The molecule has 0 unspecified atom stereocenters. The standard InChI is InChI=1S/C52H64ClN9O9S/c1-8-39(45-48-60-59-32(3)62(48)41-26-38(68-7)17-18-40(41)44(58-45)34-13-15-36(53)16-14-34)49(65)54-19-20-69-21-22-70-23-24-71-29-43(64)57-47(52(4,5)6)51(67)61-28-37(63)25-42(61)50(66)55-27-33-9-11-35(12-10-33)46-31(2)56-30-72-46/h9-18,26,30,37,39,42,45,47,63H,8,19-25,27-29H2,1-7H3,(H,54,65)(H,55,66)(H,57,64)/t37-,39-,42+,45+,47-/m1/s1. The van der Waals surface area contributed by atoms with Gasteiger partial charge in [0.25, 0.3) is 0 Å². The number of aliphatic imine (C=N–C) groups is 1. The summed E-state index contributed by atoms with van der Waals surface area (Å²) in [6.07, 6.45) is -0.329. The average Bonchev–Trinajstić information content (AvgIpc) is 4.07. The fourth-order valence-electron chi connectivity index (χ4n) is 8.78. The second kappa shape index (κ2) is 24.6. The molecule has 72 heavy (non-hydrogen) atoms. The van der Waals surface area contributed by atoms with E-state index in [1.807, 2.05) is 118 Å². The van der Waals surface area contributed by atoms with Crippen molar-refractivity contribution in [1.82, 2.24) is 40.6 Å². The van der Waals surface area contributed by atoms with Crippen LogP contribution in [0, 0.1) is 25.2 Å². The van der Waals surface area contributed by atoms with Crippen LogP contribution >= 0.6 is 22.9 Å². The number of carbonyl (C=O) groups excluding carboxylic acids is 4. The zero-order chi connectivity index (χ0) is 51.5. The molecule has 1 fully saturated rings. The SMILES string of the molecule is CC[C@@H](C(=O)NCCOCCOCCOCC(=O)N[C@H](C(=O)N1C[C@H](O)C[C@H]1C(=O)NCc1ccc(-c2scnc2C)cc1)C(C)(C)C)[C@@H]1N=C(c2ccc(Cl)cc2)c2ccc(OC)cc2-n2c(C)nnc21. The minimum Gasteiger partial charge on any atom is -0.497 e. The number of ether oxygens (including phenoxy) is 4. The topological polar surface area (TPSA) is 221 Å². The molecule has 20 heteroatoms. The first-order chi connectivity index (χ1) is 34.6. The quantitative estimate of drug-likeness (QED) is 0.0626. The predicted octanol–water partition coefficient (Wildman–Crippen LogP) is 5.56. The van der Waals surface area contributed by atoms with Crippen LogP contribution in [-0.4, -0.2) is 137 Å². The van der Waals surface area contributed by atoms with Crippen LogP contribution in [0.25, 0.3) is 16.1 Å². The van der Waals surface area contributed by atoms with Gasteiger partial charge in [-0.25, -0.2) is 4.98 Å². The fraction of sp³-hybridized carbons (Fsp3) is 0.462. The van der Waals surface area contributed by atoms with Crippen LogP contribution in [0.15, 0.2) is 77.2 Å². The molecule has 3 aromatic carbocycles. The van der Waals surface area contributed by atoms with Crippen molar-refractivity contribution in [3.05, 3.63) is 111 Å². The Bertz CT molecular complexity index is 2700. The van der Waals surface area contributed by atoms with E-state index in [-0.39, 0.29) is 77.5 Å². The van der Waals surface area contributed by atoms with Crippen molar-refractivity contribution >= 4 is 52.3 Å². The third-order valence-electron chi connectivity index (χ3n) is 12.6. The first kappa shape index (κ1) is 53.7. The van der Waals surface area contributed by atoms with Crippen LogP contribution < -0.4 is 20.7 Å². The van der Waals surface area contributed by atoms with Crippen molar-refractivity contribution in [2.45, 2.75) is 85.2 Å². The number of β-amino-alcohol motifs (C(OH)–C–C–N with tert-alkyl or cyclic N) is 1. The molecule has 2 aliphatic heterocycles. The lowest BCUT2D eigenvalue weighted by molar-refractivity contribution is -0.144. The minimum absolute atomic E-state index is 0.0326. The zero-order valence-electron chi connectivity index (χ0n) is 41.8. The van der Waals surface area contributed by atoms with Crippen molar-refractivity contribution in [2.75, 3.05) is 59.8 Å². The average molecular weight is 1030 g/mol. The number of methoxy groups -OCH3 is 1. The Kier molecular flexibility index (Phi) is 18.3. The van der Waals surface area contributed by atoms with Gasteiger partial charge < -0.3 is 44.9 Å². The van der Waals surface area contributed by atoms with Crippen LogP contribution in [-0.2, 0) is 39.9 Å². The Hall–Kier alpha value is -6.09. The van der Waals surface area contributed by atoms with Gasteiger partial charge >= 0.3 is 0 Å². The molecule has 4 heterocycles. The van der Waals surface area contributed by atoms with Crippen molar-refractivity contribution in [3.63, 3.8) is 0 Å². The normalized spacial score (nSPS) is 17.3. The Morgan fingerprint density at radius 2 is 1.60 bits per heavy atom. The molecule has 4 amide bonds. The van der Waals surface area contributed by atoms with E-state index in [1.165, 1.54) is 4.90 Å². The van der Waals surface area contributed by atoms with E-state index in [9.17, 15) is 24.3 Å². The van der Waals surface area contributed by atoms with Crippen LogP contribution in [0.4, 0.5) is 0 Å². The molecular formula is C52H64ClN9O9S. The van der Waals surface area contributed by atoms with Crippen molar-refractivity contribution in [3.8, 4) is 21.9 Å². The third-order valence-corrected chi connectivity index (χ3v) is 13.8. The smallest absolute Gasteiger partial charge is 0.246 e. The highest BCUT2D eigenvalue weighted by atomic mass is 35.5. The second-order valence-corrected chi connectivity index (χ2v) is 20.1. The largest absolute Gasteiger partial charge is 0.497 e. The molecule has 1 saturated heterocycles. The third kappa shape index (κ3) is 13.1. The number of likely N-dealkylation sites (tertiary alicyclic amines) is 1. The molecule has 0 saturated carbocycles. The van der Waals surface area contributed by atoms with Crippen LogP contribution in [0.3, 0.4) is 0 Å². The number of carbonyl (C=O) groups is 4. The van der Waals surface area contributed by atoms with Gasteiger partial charge in [-0.3, -0.25) is 28.7 Å². The molecule has 18 nitrogen and oxygen atoms in total. The van der Waals surface area contributed by atoms with Gasteiger partial charge in [0.2, 0.25) is 23.6 Å². The number of nitrogens with zero attached hydrogens (tertiary/aromatic N) is 6. The summed E-state index contributed by atoms with van der Waals surface area (Å²) in [5.74, 6) is -0.286. The van der Waals surface area contributed by atoms with Crippen LogP contribution in [0.2, 0.25) is 5.02 Å². The maximum absolute atomic E-state index is 14.0. The molecule has 0 spiro atoms. The van der Waals surface area contributed by atoms with Crippen LogP contribution in [0.5, 0.6) is 5.75 Å². The summed E-state index contributed by atoms with van der Waals surface area (Å²) in [7, 11) is 1.61. The maximum atomic E-state index is 14.0. The number of amides is 4. The minimum atomic E-state index is -0.991. The Morgan fingerprint density at radius 3 is 2.26 bits per heavy atom. The van der Waals surface area contributed by atoms with E-state index >= 15 is 0 Å². The lowest BCUT2D eigenvalue weighted by Gasteiger charge is -2.35. The number of nitrogens with one attached hydrogen (secondary N) is 3. The number of rotatable bonds is 22. The first-order valence-electron chi connectivity index (χ1n) is 24.1. The van der Waals surface area contributed by atoms with Gasteiger partial charge in [0, 0.05) is 48.3 Å². The lowest BCUT2D eigenvalue weighted by Crippen LogP contribution is -2.58. The first-order valence-corrected chi connectivity index (χ1v) is 25.3. The van der Waals surface area contributed by atoms with Crippen molar-refractivity contribution < 1.29 is 43.2 Å². The number of thiazole rings is 1. The van der Waals surface area contributed by atoms with Gasteiger partial charge in [-0.15, -0.1) is 21.5 Å². The second-order valence-electron chi connectivity index (χ2n) is 18.8. The Morgan fingerprint density at radius 1 is 0.903 bits per heavy atom. The highest BCUT2D eigenvalue weighted by molar-refractivity contribution is 7.13. The van der Waals surface area contributed by atoms with Crippen LogP contribution in [0.1, 0.15) is 80.6 Å². The van der Waals surface area contributed by atoms with Gasteiger partial charge in [-0.2, -0.15) is 0 Å². The zero-order valence-corrected chi connectivity index (χ0v) is 43.3. The summed E-state index contributed by atoms with van der Waals surface area (Å²) in [4.78, 5) is 66.4. The Labute approximate surface area is 428 Å². The van der Waals surface area contributed by atoms with Gasteiger partial charge in [-0.1, -0.05) is 75.7 Å². The maximum Gasteiger partial charge on any atom is 0.246 e. The number of aliphatic hydroxyl groups excluding tert-OH is 1. The lowest BCUT2D eigenvalue weighted by atomic mass is 9.85. The number of hydrogen-bond donors (Lipinski definition) is 4. The molecule has 0 bridgehead atoms. The number of benzene rings is 3. The number of hydrogen-bond acceptors (Lipinski definition) is 14. The van der Waals surface area contributed by atoms with Crippen molar-refractivity contribution in [2.24, 2.45) is 16.3 Å². The Balaban J connectivity index is 0.822.